The van der Waals surface area contributed by atoms with Gasteiger partial charge in [0.2, 0.25) is 0 Å². The molecule has 1 saturated carbocycles. The van der Waals surface area contributed by atoms with E-state index in [1.54, 1.807) is 32.9 Å². The first-order valence-corrected chi connectivity index (χ1v) is 8.20. The molecule has 5 heteroatoms. The Kier molecular flexibility index (Phi) is 5.17. The van der Waals surface area contributed by atoms with E-state index >= 15 is 0 Å². The van der Waals surface area contributed by atoms with Gasteiger partial charge in [-0.1, -0.05) is 13.8 Å². The van der Waals surface area contributed by atoms with Crippen molar-refractivity contribution in [2.24, 2.45) is 11.8 Å². The lowest BCUT2D eigenvalue weighted by atomic mass is 9.73. The highest BCUT2D eigenvalue weighted by atomic mass is 19.1. The molecule has 128 valence electrons. The third-order valence-electron chi connectivity index (χ3n) is 4.09. The summed E-state index contributed by atoms with van der Waals surface area (Å²) in [6.45, 7) is 9.78. The number of carbonyl (C=O) groups is 1. The zero-order valence-corrected chi connectivity index (χ0v) is 14.6. The molecule has 0 bridgehead atoms. The summed E-state index contributed by atoms with van der Waals surface area (Å²) in [6.07, 6.45) is 1.60. The van der Waals surface area contributed by atoms with Crippen LogP contribution >= 0.6 is 0 Å². The Bertz CT molecular complexity index is 561. The number of benzene rings is 1. The van der Waals surface area contributed by atoms with Gasteiger partial charge in [-0.15, -0.1) is 0 Å². The van der Waals surface area contributed by atoms with Crippen LogP contribution in [0.25, 0.3) is 0 Å². The van der Waals surface area contributed by atoms with Crippen LogP contribution in [-0.4, -0.2) is 17.7 Å². The van der Waals surface area contributed by atoms with Crippen LogP contribution in [0.2, 0.25) is 0 Å². The van der Waals surface area contributed by atoms with Gasteiger partial charge in [0.1, 0.15) is 11.4 Å². The second-order valence-corrected chi connectivity index (χ2v) is 7.64. The number of hydrogen-bond donors (Lipinski definition) is 2. The van der Waals surface area contributed by atoms with Crippen LogP contribution in [0.15, 0.2) is 18.2 Å². The topological polar surface area (TPSA) is 50.4 Å². The molecule has 0 unspecified atom stereocenters. The molecule has 1 aromatic carbocycles. The molecule has 2 N–H and O–H groups in total. The predicted octanol–water partition coefficient (Wildman–Crippen LogP) is 5.02. The van der Waals surface area contributed by atoms with Crippen molar-refractivity contribution in [3.05, 3.63) is 24.0 Å². The quantitative estimate of drug-likeness (QED) is 0.818. The monoisotopic (exact) mass is 322 g/mol. The van der Waals surface area contributed by atoms with Crippen molar-refractivity contribution >= 4 is 17.5 Å². The van der Waals surface area contributed by atoms with Crippen molar-refractivity contribution in [1.82, 2.24) is 0 Å². The molecule has 1 amide bonds. The Morgan fingerprint density at radius 3 is 2.52 bits per heavy atom. The molecular formula is C18H27FN2O2. The first-order valence-electron chi connectivity index (χ1n) is 8.20. The first-order chi connectivity index (χ1) is 10.6. The van der Waals surface area contributed by atoms with Gasteiger partial charge >= 0.3 is 6.09 Å². The van der Waals surface area contributed by atoms with Crippen molar-refractivity contribution in [2.75, 3.05) is 10.6 Å². The van der Waals surface area contributed by atoms with Crippen LogP contribution in [0.4, 0.5) is 20.6 Å². The molecule has 1 aliphatic carbocycles. The minimum atomic E-state index is -0.655. The normalized spacial score (nSPS) is 20.8. The summed E-state index contributed by atoms with van der Waals surface area (Å²) in [5, 5.41) is 5.86. The lowest BCUT2D eigenvalue weighted by molar-refractivity contribution is 0.0635. The van der Waals surface area contributed by atoms with E-state index in [1.807, 2.05) is 0 Å². The molecular weight excluding hydrogens is 295 g/mol. The smallest absolute Gasteiger partial charge is 0.412 e. The van der Waals surface area contributed by atoms with E-state index in [0.29, 0.717) is 12.0 Å². The average molecular weight is 322 g/mol. The minimum Gasteiger partial charge on any atom is -0.444 e. The Morgan fingerprint density at radius 2 is 1.96 bits per heavy atom. The molecule has 0 spiro atoms. The van der Waals surface area contributed by atoms with Crippen LogP contribution < -0.4 is 10.6 Å². The van der Waals surface area contributed by atoms with E-state index in [-0.39, 0.29) is 5.69 Å². The molecule has 0 saturated heterocycles. The van der Waals surface area contributed by atoms with Crippen molar-refractivity contribution in [3.63, 3.8) is 0 Å². The Balaban J connectivity index is 1.95. The third-order valence-corrected chi connectivity index (χ3v) is 4.09. The summed E-state index contributed by atoms with van der Waals surface area (Å²) in [6, 6.07) is 5.08. The van der Waals surface area contributed by atoms with Gasteiger partial charge in [0, 0.05) is 11.7 Å². The standard InChI is InChI=1S/C18H27FN2O2/c1-11(2)12-8-14(9-12)20-13-6-7-15(19)16(10-13)21-17(22)23-18(3,4)5/h6-7,10-12,14,20H,8-9H2,1-5H3,(H,21,22). The van der Waals surface area contributed by atoms with Gasteiger partial charge < -0.3 is 10.1 Å². The van der Waals surface area contributed by atoms with Gasteiger partial charge in [-0.3, -0.25) is 5.32 Å². The van der Waals surface area contributed by atoms with E-state index in [9.17, 15) is 9.18 Å². The van der Waals surface area contributed by atoms with Crippen molar-refractivity contribution < 1.29 is 13.9 Å². The lowest BCUT2D eigenvalue weighted by Crippen LogP contribution is -2.37. The Morgan fingerprint density at radius 1 is 1.30 bits per heavy atom. The molecule has 1 aromatic rings. The van der Waals surface area contributed by atoms with Crippen molar-refractivity contribution in [1.29, 1.82) is 0 Å². The highest BCUT2D eigenvalue weighted by molar-refractivity contribution is 5.85. The maximum Gasteiger partial charge on any atom is 0.412 e. The van der Waals surface area contributed by atoms with Gasteiger partial charge in [-0.2, -0.15) is 0 Å². The Labute approximate surface area is 137 Å². The SMILES string of the molecule is CC(C)C1CC(Nc2ccc(F)c(NC(=O)OC(C)(C)C)c2)C1. The maximum atomic E-state index is 13.9. The summed E-state index contributed by atoms with van der Waals surface area (Å²) in [4.78, 5) is 11.8. The molecule has 1 fully saturated rings. The van der Waals surface area contributed by atoms with Crippen LogP contribution in [0, 0.1) is 17.7 Å². The van der Waals surface area contributed by atoms with Gasteiger partial charge in [0.25, 0.3) is 0 Å². The van der Waals surface area contributed by atoms with Crippen LogP contribution in [0.1, 0.15) is 47.5 Å². The molecule has 0 atom stereocenters. The zero-order chi connectivity index (χ0) is 17.2. The van der Waals surface area contributed by atoms with Gasteiger partial charge in [0.05, 0.1) is 5.69 Å². The summed E-state index contributed by atoms with van der Waals surface area (Å²) in [5.41, 5.74) is 0.322. The third kappa shape index (κ3) is 5.12. The van der Waals surface area contributed by atoms with Crippen molar-refractivity contribution in [3.8, 4) is 0 Å². The number of halogens is 1. The average Bonchev–Trinajstić information content (AvgIpc) is 2.34. The van der Waals surface area contributed by atoms with Gasteiger partial charge in [0.15, 0.2) is 0 Å². The zero-order valence-electron chi connectivity index (χ0n) is 14.6. The lowest BCUT2D eigenvalue weighted by Gasteiger charge is -2.39. The molecule has 4 nitrogen and oxygen atoms in total. The second-order valence-electron chi connectivity index (χ2n) is 7.64. The highest BCUT2D eigenvalue weighted by Crippen LogP contribution is 2.36. The molecule has 0 heterocycles. The van der Waals surface area contributed by atoms with E-state index < -0.39 is 17.5 Å². The van der Waals surface area contributed by atoms with Crippen LogP contribution in [0.5, 0.6) is 0 Å². The molecule has 1 aliphatic rings. The predicted molar refractivity (Wildman–Crippen MR) is 91.2 cm³/mol. The fraction of sp³-hybridized carbons (Fsp3) is 0.611. The molecule has 0 aliphatic heterocycles. The second kappa shape index (κ2) is 6.77. The molecule has 0 radical (unpaired) electrons. The van der Waals surface area contributed by atoms with Crippen LogP contribution in [-0.2, 0) is 4.74 Å². The number of nitrogens with one attached hydrogen (secondary N) is 2. The fourth-order valence-corrected chi connectivity index (χ4v) is 2.68. The van der Waals surface area contributed by atoms with E-state index in [4.69, 9.17) is 4.74 Å². The van der Waals surface area contributed by atoms with Gasteiger partial charge in [-0.25, -0.2) is 9.18 Å². The van der Waals surface area contributed by atoms with E-state index in [2.05, 4.69) is 24.5 Å². The fourth-order valence-electron chi connectivity index (χ4n) is 2.68. The van der Waals surface area contributed by atoms with Crippen LogP contribution in [0.3, 0.4) is 0 Å². The number of carbonyl (C=O) groups excluding carboxylic acids is 1. The van der Waals surface area contributed by atoms with Gasteiger partial charge in [-0.05, 0) is 63.6 Å². The minimum absolute atomic E-state index is 0.129. The first kappa shape index (κ1) is 17.6. The van der Waals surface area contributed by atoms with Crippen molar-refractivity contribution in [2.45, 2.75) is 59.1 Å². The summed E-state index contributed by atoms with van der Waals surface area (Å²) < 4.78 is 19.0. The summed E-state index contributed by atoms with van der Waals surface area (Å²) >= 11 is 0. The van der Waals surface area contributed by atoms with E-state index in [0.717, 1.165) is 24.4 Å². The molecule has 23 heavy (non-hydrogen) atoms. The highest BCUT2D eigenvalue weighted by Gasteiger charge is 2.31. The number of rotatable bonds is 4. The Hall–Kier alpha value is -1.78. The van der Waals surface area contributed by atoms with E-state index in [1.165, 1.54) is 6.07 Å². The number of hydrogen-bond acceptors (Lipinski definition) is 3. The summed E-state index contributed by atoms with van der Waals surface area (Å²) in [5.74, 6) is 0.980. The number of anilines is 2. The summed E-state index contributed by atoms with van der Waals surface area (Å²) in [7, 11) is 0. The molecule has 2 rings (SSSR count). The number of amides is 1. The maximum absolute atomic E-state index is 13.9. The number of ether oxygens (including phenoxy) is 1. The molecule has 0 aromatic heterocycles. The largest absolute Gasteiger partial charge is 0.444 e.